The summed E-state index contributed by atoms with van der Waals surface area (Å²) in [4.78, 5) is 9.78. The van der Waals surface area contributed by atoms with E-state index in [1.54, 1.807) is 0 Å². The summed E-state index contributed by atoms with van der Waals surface area (Å²) >= 11 is 0. The van der Waals surface area contributed by atoms with E-state index in [2.05, 4.69) is 9.97 Å². The molecule has 0 bridgehead atoms. The highest BCUT2D eigenvalue weighted by molar-refractivity contribution is 7.49. The van der Waals surface area contributed by atoms with Gasteiger partial charge in [-0.15, -0.1) is 0 Å². The zero-order valence-electron chi connectivity index (χ0n) is 13.8. The van der Waals surface area contributed by atoms with Crippen LogP contribution < -0.4 is 4.52 Å². The maximum Gasteiger partial charge on any atom is 0.530 e. The fraction of sp³-hybridized carbons (Fsp3) is 0.467. The van der Waals surface area contributed by atoms with E-state index < -0.39 is 7.82 Å². The first-order valence-corrected chi connectivity index (χ1v) is 8.99. The Kier molecular flexibility index (Phi) is 5.01. The lowest BCUT2D eigenvalue weighted by Crippen LogP contribution is -2.29. The van der Waals surface area contributed by atoms with Gasteiger partial charge < -0.3 is 14.2 Å². The average molecular weight is 353 g/mol. The summed E-state index contributed by atoms with van der Waals surface area (Å²) < 4.78 is 34.2. The van der Waals surface area contributed by atoms with E-state index in [1.807, 2.05) is 44.1 Å². The van der Waals surface area contributed by atoms with Gasteiger partial charge in [-0.1, -0.05) is 11.6 Å². The number of hydrogen-bond acceptors (Lipinski definition) is 8. The van der Waals surface area contributed by atoms with E-state index >= 15 is 0 Å². The molecule has 3 rings (SSSR count). The van der Waals surface area contributed by atoms with Gasteiger partial charge in [0.15, 0.2) is 5.75 Å². The van der Waals surface area contributed by atoms with Gasteiger partial charge in [-0.2, -0.15) is 0 Å². The van der Waals surface area contributed by atoms with Gasteiger partial charge in [0.2, 0.25) is 0 Å². The van der Waals surface area contributed by atoms with Crippen molar-refractivity contribution in [2.24, 2.45) is 0 Å². The lowest BCUT2D eigenvalue weighted by Gasteiger charge is -2.26. The molecule has 3 heterocycles. The topological polar surface area (TPSA) is 83.0 Å². The third-order valence-corrected chi connectivity index (χ3v) is 4.72. The van der Waals surface area contributed by atoms with Crippen molar-refractivity contribution in [3.05, 3.63) is 42.1 Å². The summed E-state index contributed by atoms with van der Waals surface area (Å²) in [6.45, 7) is 4.15. The van der Waals surface area contributed by atoms with Crippen molar-refractivity contribution in [2.45, 2.75) is 32.8 Å². The lowest BCUT2D eigenvalue weighted by molar-refractivity contribution is -0.0298. The quantitative estimate of drug-likeness (QED) is 0.590. The largest absolute Gasteiger partial charge is 0.530 e. The van der Waals surface area contributed by atoms with E-state index in [9.17, 15) is 4.57 Å². The summed E-state index contributed by atoms with van der Waals surface area (Å²) in [7, 11) is -1.76. The highest BCUT2D eigenvalue weighted by atomic mass is 31.2. The number of rotatable bonds is 5. The molecule has 0 saturated carbocycles. The van der Waals surface area contributed by atoms with Crippen molar-refractivity contribution in [1.29, 1.82) is 0 Å². The van der Waals surface area contributed by atoms with E-state index in [0.717, 1.165) is 0 Å². The van der Waals surface area contributed by atoms with Crippen molar-refractivity contribution < 1.29 is 22.9 Å². The van der Waals surface area contributed by atoms with Crippen LogP contribution in [0.3, 0.4) is 0 Å². The van der Waals surface area contributed by atoms with Crippen LogP contribution in [0.1, 0.15) is 19.5 Å². The van der Waals surface area contributed by atoms with Gasteiger partial charge in [0.25, 0.3) is 0 Å². The second-order valence-corrected chi connectivity index (χ2v) is 7.36. The number of aromatic nitrogens is 2. The molecule has 0 aliphatic carbocycles. The predicted octanol–water partition coefficient (Wildman–Crippen LogP) is 2.65. The summed E-state index contributed by atoms with van der Waals surface area (Å²) in [6.07, 6.45) is 8.10. The molecule has 3 atom stereocenters. The molecule has 2 aliphatic heterocycles. The number of fused-ring (bicyclic) bond motifs is 1. The second kappa shape index (κ2) is 7.03. The molecule has 0 fully saturated rings. The van der Waals surface area contributed by atoms with Crippen LogP contribution in [0.15, 0.2) is 36.4 Å². The first-order valence-electron chi connectivity index (χ1n) is 7.53. The minimum absolute atomic E-state index is 0.0580. The van der Waals surface area contributed by atoms with Crippen LogP contribution in [0.4, 0.5) is 0 Å². The Bertz CT molecular complexity index is 704. The highest BCUT2D eigenvalue weighted by Gasteiger charge is 2.36. The van der Waals surface area contributed by atoms with Crippen LogP contribution in [0.2, 0.25) is 0 Å². The molecule has 24 heavy (non-hydrogen) atoms. The number of likely N-dealkylation sites (N-methyl/N-ethyl adjacent to an activating group) is 1. The van der Waals surface area contributed by atoms with Crippen molar-refractivity contribution >= 4 is 7.82 Å². The molecule has 0 N–H and O–H groups in total. The van der Waals surface area contributed by atoms with Gasteiger partial charge >= 0.3 is 7.82 Å². The van der Waals surface area contributed by atoms with Crippen molar-refractivity contribution in [1.82, 2.24) is 14.9 Å². The van der Waals surface area contributed by atoms with E-state index in [4.69, 9.17) is 18.3 Å². The van der Waals surface area contributed by atoms with Crippen molar-refractivity contribution in [3.63, 3.8) is 0 Å². The molecule has 2 aliphatic rings. The van der Waals surface area contributed by atoms with E-state index in [-0.39, 0.29) is 25.5 Å². The Morgan fingerprint density at radius 2 is 2.33 bits per heavy atom. The predicted molar refractivity (Wildman–Crippen MR) is 86.0 cm³/mol. The first-order chi connectivity index (χ1) is 11.5. The number of hydrogen-bond donors (Lipinski definition) is 0. The second-order valence-electron chi connectivity index (χ2n) is 5.76. The fourth-order valence-corrected chi connectivity index (χ4v) is 3.52. The summed E-state index contributed by atoms with van der Waals surface area (Å²) in [5, 5.41) is 0. The standard InChI is InChI=1S/C15H20N3O5P/c1-11(2)7-18(3)15-5-4-12(22-15)8-20-24(19)21-9-13-14(23-24)6-16-10-17-13/h4-7,10,12,15H,8-9H2,1-3H3/t12-,15+,24-/m0/s1. The molecule has 0 aromatic carbocycles. The Morgan fingerprint density at radius 3 is 3.12 bits per heavy atom. The van der Waals surface area contributed by atoms with Crippen LogP contribution in [0, 0.1) is 0 Å². The smallest absolute Gasteiger partial charge is 0.400 e. The maximum atomic E-state index is 12.5. The number of allylic oxidation sites excluding steroid dienone is 1. The molecule has 130 valence electrons. The number of phosphoric acid groups is 1. The molecule has 0 saturated heterocycles. The molecular formula is C15H20N3O5P. The minimum atomic E-state index is -3.68. The third-order valence-electron chi connectivity index (χ3n) is 3.39. The molecular weight excluding hydrogens is 333 g/mol. The molecule has 8 nitrogen and oxygen atoms in total. The molecule has 0 spiro atoms. The van der Waals surface area contributed by atoms with Crippen LogP contribution in [0.5, 0.6) is 5.75 Å². The lowest BCUT2D eigenvalue weighted by atomic mass is 10.3. The third kappa shape index (κ3) is 4.02. The van der Waals surface area contributed by atoms with E-state index in [0.29, 0.717) is 11.4 Å². The van der Waals surface area contributed by atoms with Crippen LogP contribution >= 0.6 is 7.82 Å². The average Bonchev–Trinajstić information content (AvgIpc) is 3.01. The van der Waals surface area contributed by atoms with Crippen LogP contribution in [-0.4, -0.2) is 40.9 Å². The summed E-state index contributed by atoms with van der Waals surface area (Å²) in [6, 6.07) is 0. The van der Waals surface area contributed by atoms with Gasteiger partial charge in [-0.3, -0.25) is 9.05 Å². The van der Waals surface area contributed by atoms with Gasteiger partial charge in [0.05, 0.1) is 12.8 Å². The Balaban J connectivity index is 1.53. The maximum absolute atomic E-state index is 12.5. The Hall–Kier alpha value is -1.73. The van der Waals surface area contributed by atoms with E-state index in [1.165, 1.54) is 18.1 Å². The molecule has 0 amide bonds. The fourth-order valence-electron chi connectivity index (χ4n) is 2.34. The highest BCUT2D eigenvalue weighted by Crippen LogP contribution is 2.54. The van der Waals surface area contributed by atoms with Gasteiger partial charge in [0, 0.05) is 13.2 Å². The summed E-state index contributed by atoms with van der Waals surface area (Å²) in [5.74, 6) is 0.316. The molecule has 1 aromatic rings. The number of ether oxygens (including phenoxy) is 1. The zero-order chi connectivity index (χ0) is 17.2. The Labute approximate surface area is 140 Å². The molecule has 9 heteroatoms. The normalized spacial score (nSPS) is 28.1. The zero-order valence-corrected chi connectivity index (χ0v) is 14.7. The van der Waals surface area contributed by atoms with Crippen molar-refractivity contribution in [3.8, 4) is 5.75 Å². The summed E-state index contributed by atoms with van der Waals surface area (Å²) in [5.41, 5.74) is 1.71. The monoisotopic (exact) mass is 353 g/mol. The Morgan fingerprint density at radius 1 is 1.50 bits per heavy atom. The molecule has 0 radical (unpaired) electrons. The van der Waals surface area contributed by atoms with Crippen molar-refractivity contribution in [2.75, 3.05) is 13.7 Å². The van der Waals surface area contributed by atoms with Gasteiger partial charge in [0.1, 0.15) is 31.0 Å². The minimum Gasteiger partial charge on any atom is -0.400 e. The molecule has 1 aromatic heterocycles. The number of phosphoric ester groups is 1. The van der Waals surface area contributed by atoms with Gasteiger partial charge in [-0.05, 0) is 19.9 Å². The SMILES string of the molecule is CC(C)=CN(C)[C@H]1C=C[C@@H](CO[P@@]2(=O)OCc3ncncc3O2)O1. The number of nitrogens with zero attached hydrogens (tertiary/aromatic N) is 3. The van der Waals surface area contributed by atoms with Crippen LogP contribution in [0.25, 0.3) is 0 Å². The first kappa shape index (κ1) is 17.1. The van der Waals surface area contributed by atoms with Gasteiger partial charge in [-0.25, -0.2) is 14.5 Å². The molecule has 0 unspecified atom stereocenters. The van der Waals surface area contributed by atoms with Crippen LogP contribution in [-0.2, 0) is 25.0 Å².